The van der Waals surface area contributed by atoms with Crippen LogP contribution in [-0.4, -0.2) is 19.2 Å². The normalized spacial score (nSPS) is 6.40. The Morgan fingerprint density at radius 2 is 2.60 bits per heavy atom. The Balaban J connectivity index is 2.40. The topological polar surface area (TPSA) is 0 Å². The van der Waals surface area contributed by atoms with Crippen LogP contribution in [-0.2, 0) is 0 Å². The van der Waals surface area contributed by atoms with Gasteiger partial charge in [0.05, 0.1) is 0 Å². The molecule has 0 aliphatic heterocycles. The first-order valence-electron chi connectivity index (χ1n) is 1.64. The summed E-state index contributed by atoms with van der Waals surface area (Å²) in [5, 5.41) is 0. The van der Waals surface area contributed by atoms with Crippen LogP contribution in [0.25, 0.3) is 0 Å². The molecule has 0 heterocycles. The van der Waals surface area contributed by atoms with Gasteiger partial charge in [-0.1, -0.05) is 0 Å². The number of rotatable bonds is 2. The minimum absolute atomic E-state index is 1.14. The summed E-state index contributed by atoms with van der Waals surface area (Å²) in [6.07, 6.45) is 1.85. The predicted octanol–water partition coefficient (Wildman–Crippen LogP) is 0.174. The van der Waals surface area contributed by atoms with E-state index in [1.165, 1.54) is 0 Å². The Kier molecular flexibility index (Phi) is 4.91. The number of hydrogen-bond donors (Lipinski definition) is 0. The molecule has 0 aliphatic carbocycles. The molecule has 0 unspecified atom stereocenters. The first kappa shape index (κ1) is 5.48. The monoisotopic (exact) mass is 84.0 g/mol. The van der Waals surface area contributed by atoms with Crippen molar-refractivity contribution in [2.75, 3.05) is 5.75 Å². The molecule has 0 bridgehead atoms. The Labute approximate surface area is 38.5 Å². The third-order valence-electron chi connectivity index (χ3n) is 0.285. The second kappa shape index (κ2) is 4.48. The molecular formula is C2H6B2S. The molecule has 0 atom stereocenters. The van der Waals surface area contributed by atoms with Crippen molar-refractivity contribution in [2.24, 2.45) is 0 Å². The van der Waals surface area contributed by atoms with Gasteiger partial charge >= 0.3 is 37.7 Å². The van der Waals surface area contributed by atoms with E-state index in [2.05, 4.69) is 14.3 Å². The molecule has 0 aliphatic rings. The van der Waals surface area contributed by atoms with E-state index in [0.29, 0.717) is 0 Å². The maximum atomic E-state index is 3.51. The van der Waals surface area contributed by atoms with E-state index in [4.69, 9.17) is 0 Å². The quantitative estimate of drug-likeness (QED) is 0.429. The molecule has 0 radical (unpaired) electrons. The van der Waals surface area contributed by atoms with Crippen LogP contribution >= 0.6 is 11.6 Å². The summed E-state index contributed by atoms with van der Waals surface area (Å²) in [6.45, 7) is 2.10. The van der Waals surface area contributed by atoms with E-state index in [9.17, 15) is 0 Å². The predicted molar refractivity (Wildman–Crippen MR) is 31.0 cm³/mol. The molecule has 0 aromatic heterocycles. The number of hydrogen-bond acceptors (Lipinski definition) is 1. The second-order valence-corrected chi connectivity index (χ2v) is 1.87. The first-order valence-corrected chi connectivity index (χ1v) is 2.69. The van der Waals surface area contributed by atoms with Gasteiger partial charge in [-0.05, 0) is 0 Å². The second-order valence-electron chi connectivity index (χ2n) is 0.622. The molecule has 0 saturated carbocycles. The third kappa shape index (κ3) is 4.48. The van der Waals surface area contributed by atoms with Crippen LogP contribution in [0, 0.1) is 0 Å². The molecule has 5 heavy (non-hydrogen) atoms. The summed E-state index contributed by atoms with van der Waals surface area (Å²) >= 11 is 1.73. The van der Waals surface area contributed by atoms with E-state index < -0.39 is 0 Å². The van der Waals surface area contributed by atoms with E-state index in [-0.39, 0.29) is 0 Å². The summed E-state index contributed by atoms with van der Waals surface area (Å²) in [5.41, 5.74) is 0. The van der Waals surface area contributed by atoms with Crippen LogP contribution in [0.5, 0.6) is 0 Å². The Hall–Kier alpha value is 0.480. The van der Waals surface area contributed by atoms with Gasteiger partial charge in [-0.3, -0.25) is 0 Å². The average molecular weight is 83.8 g/mol. The SMILES string of the molecule is B=BSCC. The van der Waals surface area contributed by atoms with Gasteiger partial charge in [0.15, 0.2) is 0 Å². The van der Waals surface area contributed by atoms with Crippen molar-refractivity contribution in [1.29, 1.82) is 0 Å². The Bertz CT molecular complexity index is 28.8. The van der Waals surface area contributed by atoms with Gasteiger partial charge in [-0.15, -0.1) is 0 Å². The van der Waals surface area contributed by atoms with E-state index in [1.54, 1.807) is 11.6 Å². The molecule has 0 spiro atoms. The Morgan fingerprint density at radius 3 is 2.60 bits per heavy atom. The van der Waals surface area contributed by atoms with Crippen LogP contribution in [0.2, 0.25) is 0 Å². The van der Waals surface area contributed by atoms with Crippen molar-refractivity contribution in [2.45, 2.75) is 6.92 Å². The molecule has 0 fully saturated rings. The summed E-state index contributed by atoms with van der Waals surface area (Å²) in [7, 11) is 3.51. The van der Waals surface area contributed by atoms with Crippen molar-refractivity contribution in [3.8, 4) is 0 Å². The van der Waals surface area contributed by atoms with Gasteiger partial charge in [-0.25, -0.2) is 0 Å². The standard InChI is InChI=1S/C2H6B2S/c1-2-5-4-3/h3H,2H2,1H3. The van der Waals surface area contributed by atoms with E-state index in [0.717, 1.165) is 5.75 Å². The van der Waals surface area contributed by atoms with Gasteiger partial charge in [0.1, 0.15) is 0 Å². The first-order chi connectivity index (χ1) is 2.41. The van der Waals surface area contributed by atoms with Gasteiger partial charge < -0.3 is 0 Å². The molecule has 0 aromatic carbocycles. The fourth-order valence-electron chi connectivity index (χ4n) is 0.118. The summed E-state index contributed by atoms with van der Waals surface area (Å²) in [4.78, 5) is 0. The fraction of sp³-hybridized carbons (Fsp3) is 1.00. The van der Waals surface area contributed by atoms with E-state index >= 15 is 0 Å². The molecule has 0 aromatic rings. The zero-order valence-electron chi connectivity index (χ0n) is 3.40. The van der Waals surface area contributed by atoms with Crippen molar-refractivity contribution < 1.29 is 0 Å². The van der Waals surface area contributed by atoms with Gasteiger partial charge in [0, 0.05) is 0 Å². The van der Waals surface area contributed by atoms with Crippen LogP contribution in [0.15, 0.2) is 0 Å². The van der Waals surface area contributed by atoms with Gasteiger partial charge in [0.2, 0.25) is 0 Å². The van der Waals surface area contributed by atoms with Crippen molar-refractivity contribution in [3.63, 3.8) is 0 Å². The molecule has 26 valence electrons. The average Bonchev–Trinajstić information content (AvgIpc) is 1.41. The van der Waals surface area contributed by atoms with Gasteiger partial charge in [0.25, 0.3) is 0 Å². The zero-order chi connectivity index (χ0) is 4.12. The van der Waals surface area contributed by atoms with Crippen LogP contribution in [0.4, 0.5) is 0 Å². The fourth-order valence-corrected chi connectivity index (χ4v) is 0.354. The molecular weight excluding hydrogens is 77.7 g/mol. The molecule has 0 N–H and O–H groups in total. The van der Waals surface area contributed by atoms with Crippen LogP contribution in [0.1, 0.15) is 6.92 Å². The summed E-state index contributed by atoms with van der Waals surface area (Å²) < 4.78 is 0. The molecule has 3 heteroatoms. The molecule has 0 saturated heterocycles. The minimum atomic E-state index is 1.14. The van der Waals surface area contributed by atoms with Crippen LogP contribution < -0.4 is 0 Å². The third-order valence-corrected chi connectivity index (χ3v) is 0.854. The van der Waals surface area contributed by atoms with Crippen molar-refractivity contribution >= 4 is 25.1 Å². The van der Waals surface area contributed by atoms with E-state index in [1.807, 2.05) is 6.08 Å². The molecule has 0 amide bonds. The Morgan fingerprint density at radius 1 is 2.00 bits per heavy atom. The van der Waals surface area contributed by atoms with Gasteiger partial charge in [-0.2, -0.15) is 0 Å². The molecule has 0 rings (SSSR count). The van der Waals surface area contributed by atoms with Crippen LogP contribution in [0.3, 0.4) is 0 Å². The van der Waals surface area contributed by atoms with Crippen molar-refractivity contribution in [1.82, 2.24) is 0 Å². The summed E-state index contributed by atoms with van der Waals surface area (Å²) in [5.74, 6) is 1.14. The maximum absolute atomic E-state index is 3.51. The van der Waals surface area contributed by atoms with Crippen molar-refractivity contribution in [3.05, 3.63) is 0 Å². The zero-order valence-corrected chi connectivity index (χ0v) is 4.22. The molecule has 0 nitrogen and oxygen atoms in total. The summed E-state index contributed by atoms with van der Waals surface area (Å²) in [6, 6.07) is 0.